The van der Waals surface area contributed by atoms with Gasteiger partial charge in [-0.05, 0) is 48.7 Å². The minimum Gasteiger partial charge on any atom is -0.378 e. The first-order chi connectivity index (χ1) is 9.81. The topological polar surface area (TPSA) is 24.9 Å². The molecule has 0 radical (unpaired) electrons. The van der Waals surface area contributed by atoms with Crippen LogP contribution in [0.3, 0.4) is 0 Å². The average Bonchev–Trinajstić information content (AvgIpc) is 3.00. The SMILES string of the molecule is Clc1cc2c(s1)CCC2Nc1cccc2ncccc12. The number of hydrogen-bond acceptors (Lipinski definition) is 3. The van der Waals surface area contributed by atoms with Crippen molar-refractivity contribution in [2.45, 2.75) is 18.9 Å². The third-order valence-electron chi connectivity index (χ3n) is 3.82. The van der Waals surface area contributed by atoms with Gasteiger partial charge in [0.15, 0.2) is 0 Å². The van der Waals surface area contributed by atoms with Crippen LogP contribution in [0.15, 0.2) is 42.6 Å². The Kier molecular flexibility index (Phi) is 2.90. The van der Waals surface area contributed by atoms with E-state index < -0.39 is 0 Å². The van der Waals surface area contributed by atoms with Gasteiger partial charge in [-0.2, -0.15) is 0 Å². The third-order valence-corrected chi connectivity index (χ3v) is 5.16. The number of nitrogens with zero attached hydrogens (tertiary/aromatic N) is 1. The lowest BCUT2D eigenvalue weighted by Gasteiger charge is -2.16. The van der Waals surface area contributed by atoms with Crippen molar-refractivity contribution in [1.29, 1.82) is 0 Å². The highest BCUT2D eigenvalue weighted by atomic mass is 35.5. The molecule has 2 heterocycles. The zero-order valence-corrected chi connectivity index (χ0v) is 12.3. The zero-order valence-electron chi connectivity index (χ0n) is 10.8. The highest BCUT2D eigenvalue weighted by Crippen LogP contribution is 2.41. The van der Waals surface area contributed by atoms with Crippen LogP contribution < -0.4 is 5.32 Å². The van der Waals surface area contributed by atoms with Gasteiger partial charge in [0.2, 0.25) is 0 Å². The van der Waals surface area contributed by atoms with Crippen molar-refractivity contribution in [2.24, 2.45) is 0 Å². The Balaban J connectivity index is 1.72. The molecule has 20 heavy (non-hydrogen) atoms. The summed E-state index contributed by atoms with van der Waals surface area (Å²) in [5, 5.41) is 4.83. The Hall–Kier alpha value is -1.58. The van der Waals surface area contributed by atoms with Crippen molar-refractivity contribution in [1.82, 2.24) is 4.98 Å². The summed E-state index contributed by atoms with van der Waals surface area (Å²) >= 11 is 7.83. The van der Waals surface area contributed by atoms with E-state index in [-0.39, 0.29) is 0 Å². The van der Waals surface area contributed by atoms with Crippen LogP contribution in [-0.2, 0) is 6.42 Å². The normalized spacial score (nSPS) is 17.4. The molecule has 3 aromatic rings. The predicted molar refractivity (Wildman–Crippen MR) is 85.8 cm³/mol. The lowest BCUT2D eigenvalue weighted by Crippen LogP contribution is -2.07. The molecule has 1 aliphatic rings. The number of benzene rings is 1. The fraction of sp³-hybridized carbons (Fsp3) is 0.188. The van der Waals surface area contributed by atoms with Crippen LogP contribution in [0.5, 0.6) is 0 Å². The number of pyridine rings is 1. The maximum absolute atomic E-state index is 6.12. The summed E-state index contributed by atoms with van der Waals surface area (Å²) in [5.74, 6) is 0. The van der Waals surface area contributed by atoms with Crippen LogP contribution in [0.25, 0.3) is 10.9 Å². The molecule has 2 aromatic heterocycles. The van der Waals surface area contributed by atoms with Gasteiger partial charge in [0.05, 0.1) is 15.9 Å². The van der Waals surface area contributed by atoms with Crippen molar-refractivity contribution < 1.29 is 0 Å². The average molecular weight is 301 g/mol. The molecule has 0 saturated carbocycles. The number of anilines is 1. The Bertz CT molecular complexity index is 776. The molecule has 1 aliphatic carbocycles. The summed E-state index contributed by atoms with van der Waals surface area (Å²) < 4.78 is 0.890. The molecule has 4 rings (SSSR count). The van der Waals surface area contributed by atoms with Gasteiger partial charge in [0.25, 0.3) is 0 Å². The lowest BCUT2D eigenvalue weighted by molar-refractivity contribution is 0.763. The van der Waals surface area contributed by atoms with E-state index in [0.29, 0.717) is 6.04 Å². The Morgan fingerprint density at radius 2 is 2.20 bits per heavy atom. The van der Waals surface area contributed by atoms with E-state index >= 15 is 0 Å². The van der Waals surface area contributed by atoms with Crippen LogP contribution in [0.2, 0.25) is 4.34 Å². The molecule has 4 heteroatoms. The zero-order chi connectivity index (χ0) is 13.5. The van der Waals surface area contributed by atoms with Gasteiger partial charge in [-0.15, -0.1) is 11.3 Å². The van der Waals surface area contributed by atoms with Crippen LogP contribution in [0, 0.1) is 0 Å². The van der Waals surface area contributed by atoms with Crippen molar-refractivity contribution in [3.8, 4) is 0 Å². The van der Waals surface area contributed by atoms with E-state index in [1.807, 2.05) is 24.4 Å². The van der Waals surface area contributed by atoms with Gasteiger partial charge in [-0.1, -0.05) is 17.7 Å². The summed E-state index contributed by atoms with van der Waals surface area (Å²) in [6.07, 6.45) is 4.08. The van der Waals surface area contributed by atoms with Crippen LogP contribution >= 0.6 is 22.9 Å². The molecule has 0 fully saturated rings. The van der Waals surface area contributed by atoms with E-state index in [1.54, 1.807) is 11.3 Å². The van der Waals surface area contributed by atoms with E-state index in [9.17, 15) is 0 Å². The number of fused-ring (bicyclic) bond motifs is 2. The Morgan fingerprint density at radius 1 is 1.25 bits per heavy atom. The Labute approximate surface area is 126 Å². The first-order valence-corrected chi connectivity index (χ1v) is 7.89. The van der Waals surface area contributed by atoms with E-state index in [2.05, 4.69) is 28.5 Å². The molecule has 0 saturated heterocycles. The molecule has 1 atom stereocenters. The van der Waals surface area contributed by atoms with E-state index in [0.717, 1.165) is 28.4 Å². The summed E-state index contributed by atoms with van der Waals surface area (Å²) in [6, 6.07) is 12.8. The number of rotatable bonds is 2. The molecule has 0 spiro atoms. The molecule has 0 amide bonds. The minimum absolute atomic E-state index is 0.361. The fourth-order valence-electron chi connectivity index (χ4n) is 2.90. The molecule has 1 unspecified atom stereocenters. The van der Waals surface area contributed by atoms with Gasteiger partial charge in [-0.25, -0.2) is 0 Å². The largest absolute Gasteiger partial charge is 0.378 e. The predicted octanol–water partition coefficient (Wildman–Crippen LogP) is 5.05. The third kappa shape index (κ3) is 1.98. The van der Waals surface area contributed by atoms with Crippen LogP contribution in [-0.4, -0.2) is 4.98 Å². The Morgan fingerprint density at radius 3 is 3.15 bits per heavy atom. The molecule has 0 bridgehead atoms. The molecule has 1 aromatic carbocycles. The lowest BCUT2D eigenvalue weighted by atomic mass is 10.1. The molecule has 1 N–H and O–H groups in total. The second-order valence-electron chi connectivity index (χ2n) is 5.04. The maximum atomic E-state index is 6.12. The van der Waals surface area contributed by atoms with Gasteiger partial charge in [0, 0.05) is 22.1 Å². The second-order valence-corrected chi connectivity index (χ2v) is 6.81. The van der Waals surface area contributed by atoms with Crippen molar-refractivity contribution in [3.05, 3.63) is 57.4 Å². The molecule has 100 valence electrons. The maximum Gasteiger partial charge on any atom is 0.0934 e. The highest BCUT2D eigenvalue weighted by molar-refractivity contribution is 7.16. The summed E-state index contributed by atoms with van der Waals surface area (Å²) in [6.45, 7) is 0. The molecular weight excluding hydrogens is 288 g/mol. The monoisotopic (exact) mass is 300 g/mol. The minimum atomic E-state index is 0.361. The quantitative estimate of drug-likeness (QED) is 0.716. The summed E-state index contributed by atoms with van der Waals surface area (Å²) in [4.78, 5) is 5.83. The molecule has 2 nitrogen and oxygen atoms in total. The van der Waals surface area contributed by atoms with Crippen molar-refractivity contribution in [2.75, 3.05) is 5.32 Å². The van der Waals surface area contributed by atoms with Gasteiger partial charge in [-0.3, -0.25) is 4.98 Å². The molecule has 0 aliphatic heterocycles. The molecular formula is C16H13ClN2S. The number of hydrogen-bond donors (Lipinski definition) is 1. The first kappa shape index (κ1) is 12.2. The highest BCUT2D eigenvalue weighted by Gasteiger charge is 2.25. The second kappa shape index (κ2) is 4.76. The van der Waals surface area contributed by atoms with Crippen molar-refractivity contribution >= 4 is 39.5 Å². The van der Waals surface area contributed by atoms with E-state index in [1.165, 1.54) is 15.8 Å². The number of halogens is 1. The van der Waals surface area contributed by atoms with Crippen LogP contribution in [0.4, 0.5) is 5.69 Å². The van der Waals surface area contributed by atoms with Crippen molar-refractivity contribution in [3.63, 3.8) is 0 Å². The van der Waals surface area contributed by atoms with Crippen LogP contribution in [0.1, 0.15) is 22.9 Å². The standard InChI is InChI=1S/C16H13ClN2S/c17-16-9-11-14(6-7-15(11)20-16)19-13-5-1-4-12-10(13)3-2-8-18-12/h1-5,8-9,14,19H,6-7H2. The number of aryl methyl sites for hydroxylation is 1. The van der Waals surface area contributed by atoms with Gasteiger partial charge in [0.1, 0.15) is 0 Å². The fourth-order valence-corrected chi connectivity index (χ4v) is 4.25. The first-order valence-electron chi connectivity index (χ1n) is 6.69. The van der Waals surface area contributed by atoms with Gasteiger partial charge < -0.3 is 5.32 Å². The van der Waals surface area contributed by atoms with E-state index in [4.69, 9.17) is 11.6 Å². The summed E-state index contributed by atoms with van der Waals surface area (Å²) in [7, 11) is 0. The number of nitrogens with one attached hydrogen (secondary N) is 1. The van der Waals surface area contributed by atoms with Gasteiger partial charge >= 0.3 is 0 Å². The summed E-state index contributed by atoms with van der Waals surface area (Å²) in [5.41, 5.74) is 3.54. The number of thiophene rings is 1. The smallest absolute Gasteiger partial charge is 0.0934 e. The number of aromatic nitrogens is 1.